The van der Waals surface area contributed by atoms with Crippen LogP contribution in [0.4, 0.5) is 0 Å². The summed E-state index contributed by atoms with van der Waals surface area (Å²) in [5, 5.41) is 0. The Morgan fingerprint density at radius 1 is 0.500 bits per heavy atom. The summed E-state index contributed by atoms with van der Waals surface area (Å²) in [6, 6.07) is 0. The van der Waals surface area contributed by atoms with Gasteiger partial charge in [0.25, 0.3) is 0 Å². The Kier molecular flexibility index (Phi) is 17.4. The molecule has 0 aliphatic heterocycles. The van der Waals surface area contributed by atoms with E-state index in [9.17, 15) is 0 Å². The maximum absolute atomic E-state index is 5.16. The van der Waals surface area contributed by atoms with Gasteiger partial charge in [0.05, 0.1) is 25.7 Å². The van der Waals surface area contributed by atoms with Crippen LogP contribution in [0.2, 0.25) is 0 Å². The van der Waals surface area contributed by atoms with Gasteiger partial charge in [-0.2, -0.15) is 0 Å². The monoisotopic (exact) mass is 392 g/mol. The minimum Gasteiger partial charge on any atom is -0.502 e. The summed E-state index contributed by atoms with van der Waals surface area (Å²) >= 11 is 0. The van der Waals surface area contributed by atoms with Crippen LogP contribution in [0, 0.1) is 11.8 Å². The molecule has 28 heavy (non-hydrogen) atoms. The highest BCUT2D eigenvalue weighted by molar-refractivity contribution is 4.73. The summed E-state index contributed by atoms with van der Waals surface area (Å²) in [5.41, 5.74) is 0. The van der Waals surface area contributed by atoms with Gasteiger partial charge in [-0.25, -0.2) is 0 Å². The Morgan fingerprint density at radius 2 is 0.821 bits per heavy atom. The Morgan fingerprint density at radius 3 is 1.18 bits per heavy atom. The molecular weight excluding hydrogens is 344 g/mol. The van der Waals surface area contributed by atoms with Crippen molar-refractivity contribution in [3.8, 4) is 0 Å². The minimum atomic E-state index is 0.846. The van der Waals surface area contributed by atoms with Crippen LogP contribution in [-0.2, 0) is 9.47 Å². The highest BCUT2D eigenvalue weighted by Gasteiger charge is 2.20. The zero-order valence-electron chi connectivity index (χ0n) is 18.7. The van der Waals surface area contributed by atoms with Gasteiger partial charge in [0.15, 0.2) is 0 Å². The lowest BCUT2D eigenvalue weighted by molar-refractivity contribution is 0.238. The molecule has 0 heterocycles. The third-order valence-electron chi connectivity index (χ3n) is 6.45. The molecule has 0 unspecified atom stereocenters. The topological polar surface area (TPSA) is 18.5 Å². The first kappa shape index (κ1) is 25.1. The van der Waals surface area contributed by atoms with Crippen LogP contribution in [0.25, 0.3) is 0 Å². The van der Waals surface area contributed by atoms with Gasteiger partial charge in [-0.15, -0.1) is 0 Å². The van der Waals surface area contributed by atoms with Crippen molar-refractivity contribution in [3.63, 3.8) is 0 Å². The quantitative estimate of drug-likeness (QED) is 0.152. The van der Waals surface area contributed by atoms with Gasteiger partial charge in [0, 0.05) is 0 Å². The maximum Gasteiger partial charge on any atom is 0.0873 e. The Balaban J connectivity index is 1.82. The summed E-state index contributed by atoms with van der Waals surface area (Å²) in [6.45, 7) is 8.84. The van der Waals surface area contributed by atoms with Crippen LogP contribution < -0.4 is 0 Å². The van der Waals surface area contributed by atoms with E-state index in [1.165, 1.54) is 116 Å². The van der Waals surface area contributed by atoms with E-state index in [1.54, 1.807) is 12.5 Å². The molecule has 0 N–H and O–H groups in total. The van der Waals surface area contributed by atoms with E-state index in [-0.39, 0.29) is 0 Å². The molecule has 0 aromatic heterocycles. The van der Waals surface area contributed by atoms with Crippen molar-refractivity contribution in [3.05, 3.63) is 25.7 Å². The molecule has 0 aromatic rings. The molecule has 2 heteroatoms. The molecule has 0 radical (unpaired) electrons. The molecule has 0 spiro atoms. The molecule has 164 valence electrons. The van der Waals surface area contributed by atoms with E-state index in [1.807, 2.05) is 0 Å². The van der Waals surface area contributed by atoms with Crippen molar-refractivity contribution in [2.75, 3.05) is 13.2 Å². The van der Waals surface area contributed by atoms with Crippen molar-refractivity contribution in [2.24, 2.45) is 11.8 Å². The SMILES string of the molecule is C=COCCCCCCCCC1CCC(CCCCCCCCOC=C)CC1. The van der Waals surface area contributed by atoms with Crippen molar-refractivity contribution in [2.45, 2.75) is 116 Å². The van der Waals surface area contributed by atoms with Crippen LogP contribution in [-0.4, -0.2) is 13.2 Å². The lowest BCUT2D eigenvalue weighted by Crippen LogP contribution is -2.14. The fourth-order valence-electron chi connectivity index (χ4n) is 4.63. The van der Waals surface area contributed by atoms with E-state index >= 15 is 0 Å². The first-order valence-corrected chi connectivity index (χ1v) is 12.3. The van der Waals surface area contributed by atoms with Crippen molar-refractivity contribution >= 4 is 0 Å². The standard InChI is InChI=1S/C26H48O2/c1-3-27-23-15-11-7-5-9-13-17-25-19-21-26(22-20-25)18-14-10-6-8-12-16-24-28-4-2/h3-4,25-26H,1-2,5-24H2. The van der Waals surface area contributed by atoms with Crippen molar-refractivity contribution in [1.82, 2.24) is 0 Å². The van der Waals surface area contributed by atoms with Gasteiger partial charge in [0.2, 0.25) is 0 Å². The first-order valence-electron chi connectivity index (χ1n) is 12.3. The molecule has 0 amide bonds. The van der Waals surface area contributed by atoms with Crippen molar-refractivity contribution in [1.29, 1.82) is 0 Å². The van der Waals surface area contributed by atoms with Gasteiger partial charge in [0.1, 0.15) is 0 Å². The first-order chi connectivity index (χ1) is 13.9. The van der Waals surface area contributed by atoms with Crippen LogP contribution >= 0.6 is 0 Å². The number of hydrogen-bond acceptors (Lipinski definition) is 2. The van der Waals surface area contributed by atoms with E-state index in [4.69, 9.17) is 9.47 Å². The zero-order valence-corrected chi connectivity index (χ0v) is 18.7. The van der Waals surface area contributed by atoms with Gasteiger partial charge in [-0.1, -0.05) is 116 Å². The molecule has 1 aliphatic rings. The van der Waals surface area contributed by atoms with Crippen LogP contribution in [0.1, 0.15) is 116 Å². The second kappa shape index (κ2) is 19.4. The highest BCUT2D eigenvalue weighted by Crippen LogP contribution is 2.34. The fourth-order valence-corrected chi connectivity index (χ4v) is 4.63. The predicted octanol–water partition coefficient (Wildman–Crippen LogP) is 8.57. The Labute approximate surface area is 176 Å². The largest absolute Gasteiger partial charge is 0.502 e. The molecule has 2 nitrogen and oxygen atoms in total. The molecule has 0 atom stereocenters. The van der Waals surface area contributed by atoms with Gasteiger partial charge < -0.3 is 9.47 Å². The zero-order chi connectivity index (χ0) is 20.1. The summed E-state index contributed by atoms with van der Waals surface area (Å²) in [4.78, 5) is 0. The lowest BCUT2D eigenvalue weighted by atomic mass is 9.78. The van der Waals surface area contributed by atoms with Gasteiger partial charge in [-0.05, 0) is 24.7 Å². The molecule has 1 aliphatic carbocycles. The molecule has 1 saturated carbocycles. The molecule has 1 fully saturated rings. The maximum atomic E-state index is 5.16. The molecular formula is C26H48O2. The van der Waals surface area contributed by atoms with E-state index in [0.29, 0.717) is 0 Å². The molecule has 0 bridgehead atoms. The highest BCUT2D eigenvalue weighted by atomic mass is 16.5. The summed E-state index contributed by atoms with van der Waals surface area (Å²) in [5.74, 6) is 2.07. The van der Waals surface area contributed by atoms with E-state index < -0.39 is 0 Å². The minimum absolute atomic E-state index is 0.846. The average molecular weight is 393 g/mol. The van der Waals surface area contributed by atoms with Crippen molar-refractivity contribution < 1.29 is 9.47 Å². The van der Waals surface area contributed by atoms with E-state index in [2.05, 4.69) is 13.2 Å². The van der Waals surface area contributed by atoms with Crippen LogP contribution in [0.15, 0.2) is 25.7 Å². The van der Waals surface area contributed by atoms with Gasteiger partial charge in [-0.3, -0.25) is 0 Å². The molecule has 1 rings (SSSR count). The van der Waals surface area contributed by atoms with Crippen LogP contribution in [0.5, 0.6) is 0 Å². The third-order valence-corrected chi connectivity index (χ3v) is 6.45. The summed E-state index contributed by atoms with van der Waals surface area (Å²) in [6.07, 6.45) is 28.4. The number of rotatable bonds is 20. The average Bonchev–Trinajstić information content (AvgIpc) is 2.72. The Bertz CT molecular complexity index is 310. The number of unbranched alkanes of at least 4 members (excludes halogenated alkanes) is 10. The summed E-state index contributed by atoms with van der Waals surface area (Å²) < 4.78 is 10.3. The van der Waals surface area contributed by atoms with E-state index in [0.717, 1.165) is 25.0 Å². The number of hydrogen-bond donors (Lipinski definition) is 0. The smallest absolute Gasteiger partial charge is 0.0873 e. The molecule has 0 aromatic carbocycles. The second-order valence-corrected chi connectivity index (χ2v) is 8.78. The second-order valence-electron chi connectivity index (χ2n) is 8.78. The van der Waals surface area contributed by atoms with Crippen LogP contribution in [0.3, 0.4) is 0 Å². The Hall–Kier alpha value is -0.920. The number of ether oxygens (including phenoxy) is 2. The predicted molar refractivity (Wildman–Crippen MR) is 122 cm³/mol. The summed E-state index contributed by atoms with van der Waals surface area (Å²) in [7, 11) is 0. The lowest BCUT2D eigenvalue weighted by Gasteiger charge is -2.28. The van der Waals surface area contributed by atoms with Gasteiger partial charge >= 0.3 is 0 Å². The normalized spacial score (nSPS) is 19.3. The molecule has 0 saturated heterocycles. The fraction of sp³-hybridized carbons (Fsp3) is 0.846. The third kappa shape index (κ3) is 15.1.